The van der Waals surface area contributed by atoms with E-state index in [0.717, 1.165) is 0 Å². The van der Waals surface area contributed by atoms with Crippen LogP contribution in [0.5, 0.6) is 17.2 Å². The molecule has 0 unspecified atom stereocenters. The number of ether oxygens (including phenoxy) is 3. The van der Waals surface area contributed by atoms with Crippen LogP contribution < -0.4 is 30.8 Å². The van der Waals surface area contributed by atoms with Crippen LogP contribution >= 0.6 is 0 Å². The van der Waals surface area contributed by atoms with Gasteiger partial charge in [-0.1, -0.05) is 0 Å². The van der Waals surface area contributed by atoms with E-state index in [1.165, 1.54) is 21.3 Å². The highest BCUT2D eigenvalue weighted by Crippen LogP contribution is 2.33. The minimum Gasteiger partial charge on any atom is -0.496 e. The van der Waals surface area contributed by atoms with Crippen LogP contribution in [-0.2, 0) is 6.54 Å². The molecule has 0 saturated heterocycles. The second-order valence-corrected chi connectivity index (χ2v) is 4.78. The molecule has 2 N–H and O–H groups in total. The van der Waals surface area contributed by atoms with Crippen LogP contribution in [0.1, 0.15) is 5.56 Å². The Morgan fingerprint density at radius 1 is 1.16 bits per heavy atom. The zero-order chi connectivity index (χ0) is 18.6. The van der Waals surface area contributed by atoms with Crippen LogP contribution in [0.3, 0.4) is 0 Å². The minimum atomic E-state index is -1.26. The molecule has 0 saturated carbocycles. The van der Waals surface area contributed by atoms with E-state index >= 15 is 0 Å². The number of carbonyl (C=O) groups excluding carboxylic acids is 1. The van der Waals surface area contributed by atoms with Gasteiger partial charge in [-0.05, 0) is 0 Å². The number of amides is 1. The average molecular weight is 353 g/mol. The number of H-pyrrole nitrogens is 1. The lowest BCUT2D eigenvalue weighted by atomic mass is 10.1. The normalized spacial score (nSPS) is 10.2. The van der Waals surface area contributed by atoms with Crippen molar-refractivity contribution in [1.29, 1.82) is 0 Å². The molecule has 10 heteroatoms. The molecule has 0 bridgehead atoms. The standard InChI is InChI=1S/C15H16FN3O6/c1-23-8-4-11(24-2)9(12(5-8)25-3)6-17-14(21)19-7-10(16)13(20)18-15(19)22/h4-5,7H,6H2,1-3H3,(H,17,21)(H,18,20,22). The Bertz CT molecular complexity index is 880. The molecule has 2 rings (SSSR count). The molecule has 1 amide bonds. The number of benzene rings is 1. The van der Waals surface area contributed by atoms with Crippen molar-refractivity contribution in [3.05, 3.63) is 50.5 Å². The summed E-state index contributed by atoms with van der Waals surface area (Å²) in [6.45, 7) is -0.0810. The second-order valence-electron chi connectivity index (χ2n) is 4.78. The Hall–Kier alpha value is -3.30. The predicted octanol–water partition coefficient (Wildman–Crippen LogP) is 0.459. The molecule has 1 aromatic carbocycles. The van der Waals surface area contributed by atoms with Gasteiger partial charge in [-0.2, -0.15) is 4.39 Å². The molecule has 1 aromatic heterocycles. The summed E-state index contributed by atoms with van der Waals surface area (Å²) in [6.07, 6.45) is 0.513. The van der Waals surface area contributed by atoms with Crippen LogP contribution in [0, 0.1) is 5.82 Å². The first-order valence-corrected chi connectivity index (χ1v) is 6.99. The maximum Gasteiger partial charge on any atom is 0.336 e. The van der Waals surface area contributed by atoms with Crippen LogP contribution in [0.4, 0.5) is 9.18 Å². The number of carbonyl (C=O) groups is 1. The Morgan fingerprint density at radius 2 is 1.76 bits per heavy atom. The Labute approximate surface area is 141 Å². The van der Waals surface area contributed by atoms with Gasteiger partial charge in [0.15, 0.2) is 0 Å². The van der Waals surface area contributed by atoms with Crippen molar-refractivity contribution in [1.82, 2.24) is 14.9 Å². The Kier molecular flexibility index (Phi) is 5.42. The highest BCUT2D eigenvalue weighted by atomic mass is 19.1. The molecule has 0 atom stereocenters. The lowest BCUT2D eigenvalue weighted by Gasteiger charge is -2.15. The molecule has 0 radical (unpaired) electrons. The van der Waals surface area contributed by atoms with E-state index < -0.39 is 23.1 Å². The van der Waals surface area contributed by atoms with Crippen molar-refractivity contribution in [2.45, 2.75) is 6.54 Å². The van der Waals surface area contributed by atoms with Crippen molar-refractivity contribution < 1.29 is 23.4 Å². The second kappa shape index (κ2) is 7.51. The fraction of sp³-hybridized carbons (Fsp3) is 0.267. The van der Waals surface area contributed by atoms with Crippen molar-refractivity contribution >= 4 is 6.03 Å². The van der Waals surface area contributed by atoms with Gasteiger partial charge in [0, 0.05) is 12.1 Å². The van der Waals surface area contributed by atoms with Gasteiger partial charge in [0.2, 0.25) is 5.82 Å². The van der Waals surface area contributed by atoms with Gasteiger partial charge in [-0.25, -0.2) is 14.2 Å². The average Bonchev–Trinajstić information content (AvgIpc) is 2.61. The molecule has 0 aliphatic rings. The largest absolute Gasteiger partial charge is 0.496 e. The van der Waals surface area contributed by atoms with Crippen LogP contribution in [0.2, 0.25) is 0 Å². The molecule has 9 nitrogen and oxygen atoms in total. The summed E-state index contributed by atoms with van der Waals surface area (Å²) in [4.78, 5) is 36.4. The summed E-state index contributed by atoms with van der Waals surface area (Å²) in [5, 5.41) is 2.42. The topological polar surface area (TPSA) is 112 Å². The molecule has 0 fully saturated rings. The molecule has 25 heavy (non-hydrogen) atoms. The molecular weight excluding hydrogens is 337 g/mol. The quantitative estimate of drug-likeness (QED) is 0.808. The molecule has 0 aliphatic heterocycles. The fourth-order valence-corrected chi connectivity index (χ4v) is 2.10. The predicted molar refractivity (Wildman–Crippen MR) is 85.0 cm³/mol. The van der Waals surface area contributed by atoms with Crippen LogP contribution in [-0.4, -0.2) is 36.9 Å². The molecule has 1 heterocycles. The number of aromatic amines is 1. The van der Waals surface area contributed by atoms with E-state index in [0.29, 0.717) is 33.6 Å². The number of nitrogens with one attached hydrogen (secondary N) is 2. The number of hydrogen-bond acceptors (Lipinski definition) is 6. The third-order valence-electron chi connectivity index (χ3n) is 3.35. The van der Waals surface area contributed by atoms with E-state index in [9.17, 15) is 18.8 Å². The van der Waals surface area contributed by atoms with Crippen molar-refractivity contribution in [3.63, 3.8) is 0 Å². The first-order valence-electron chi connectivity index (χ1n) is 6.99. The zero-order valence-corrected chi connectivity index (χ0v) is 13.7. The number of methoxy groups -OCH3 is 3. The maximum atomic E-state index is 13.3. The highest BCUT2D eigenvalue weighted by molar-refractivity contribution is 5.76. The summed E-state index contributed by atoms with van der Waals surface area (Å²) >= 11 is 0. The fourth-order valence-electron chi connectivity index (χ4n) is 2.10. The van der Waals surface area contributed by atoms with Gasteiger partial charge in [-0.15, -0.1) is 0 Å². The summed E-state index contributed by atoms with van der Waals surface area (Å²) < 4.78 is 29.3. The Morgan fingerprint density at radius 3 is 2.28 bits per heavy atom. The monoisotopic (exact) mass is 353 g/mol. The number of halogens is 1. The smallest absolute Gasteiger partial charge is 0.336 e. The first kappa shape index (κ1) is 18.0. The van der Waals surface area contributed by atoms with Gasteiger partial charge >= 0.3 is 11.7 Å². The van der Waals surface area contributed by atoms with E-state index in [-0.39, 0.29) is 6.54 Å². The van der Waals surface area contributed by atoms with Crippen molar-refractivity contribution in [3.8, 4) is 17.2 Å². The third kappa shape index (κ3) is 3.79. The molecule has 134 valence electrons. The van der Waals surface area contributed by atoms with Crippen LogP contribution in [0.25, 0.3) is 0 Å². The van der Waals surface area contributed by atoms with E-state index in [4.69, 9.17) is 14.2 Å². The number of hydrogen-bond donors (Lipinski definition) is 2. The number of nitrogens with zero attached hydrogens (tertiary/aromatic N) is 1. The highest BCUT2D eigenvalue weighted by Gasteiger charge is 2.16. The van der Waals surface area contributed by atoms with Crippen molar-refractivity contribution in [2.75, 3.05) is 21.3 Å². The van der Waals surface area contributed by atoms with Gasteiger partial charge in [0.25, 0.3) is 5.56 Å². The number of aromatic nitrogens is 2. The third-order valence-corrected chi connectivity index (χ3v) is 3.35. The molecule has 0 spiro atoms. The zero-order valence-electron chi connectivity index (χ0n) is 13.7. The summed E-state index contributed by atoms with van der Waals surface area (Å²) in [6, 6.07) is 2.26. The van der Waals surface area contributed by atoms with E-state index in [1.54, 1.807) is 17.1 Å². The summed E-state index contributed by atoms with van der Waals surface area (Å²) in [7, 11) is 4.34. The molecule has 0 aliphatic carbocycles. The lowest BCUT2D eigenvalue weighted by molar-refractivity contribution is 0.240. The van der Waals surface area contributed by atoms with Crippen molar-refractivity contribution in [2.24, 2.45) is 0 Å². The summed E-state index contributed by atoms with van der Waals surface area (Å²) in [5.41, 5.74) is -1.78. The van der Waals surface area contributed by atoms with Crippen LogP contribution in [0.15, 0.2) is 27.9 Å². The molecular formula is C15H16FN3O6. The summed E-state index contributed by atoms with van der Waals surface area (Å²) in [5.74, 6) is 0.00468. The Balaban J connectivity index is 2.29. The number of rotatable bonds is 5. The first-order chi connectivity index (χ1) is 11.9. The lowest BCUT2D eigenvalue weighted by Crippen LogP contribution is -2.40. The van der Waals surface area contributed by atoms with Gasteiger partial charge in [-0.3, -0.25) is 9.78 Å². The maximum absolute atomic E-state index is 13.3. The van der Waals surface area contributed by atoms with Gasteiger partial charge in [0.1, 0.15) is 17.2 Å². The van der Waals surface area contributed by atoms with Gasteiger partial charge in [0.05, 0.1) is 39.6 Å². The van der Waals surface area contributed by atoms with E-state index in [1.807, 2.05) is 0 Å². The minimum absolute atomic E-state index is 0.0810. The SMILES string of the molecule is COc1cc(OC)c(CNC(=O)n2cc(F)c(=O)[nH]c2=O)c(OC)c1. The van der Waals surface area contributed by atoms with Gasteiger partial charge < -0.3 is 19.5 Å². The van der Waals surface area contributed by atoms with E-state index in [2.05, 4.69) is 5.32 Å². The molecule has 2 aromatic rings.